The van der Waals surface area contributed by atoms with Crippen LogP contribution < -0.4 is 11.1 Å². The maximum absolute atomic E-state index is 12.3. The summed E-state index contributed by atoms with van der Waals surface area (Å²) in [6.07, 6.45) is 3.78. The van der Waals surface area contributed by atoms with E-state index in [1.165, 1.54) is 12.4 Å². The number of esters is 1. The first kappa shape index (κ1) is 19.3. The lowest BCUT2D eigenvalue weighted by molar-refractivity contribution is -0.137. The molecule has 1 aromatic heterocycles. The van der Waals surface area contributed by atoms with Gasteiger partial charge in [0.05, 0.1) is 0 Å². The fourth-order valence-corrected chi connectivity index (χ4v) is 2.95. The molecule has 0 saturated carbocycles. The van der Waals surface area contributed by atoms with Crippen molar-refractivity contribution in [1.82, 2.24) is 14.9 Å². The second-order valence-corrected chi connectivity index (χ2v) is 6.38. The zero-order valence-corrected chi connectivity index (χ0v) is 15.2. The van der Waals surface area contributed by atoms with Gasteiger partial charge in [-0.3, -0.25) is 9.59 Å². The van der Waals surface area contributed by atoms with E-state index in [-0.39, 0.29) is 29.2 Å². The Balaban J connectivity index is 1.44. The molecular weight excluding hydrogens is 362 g/mol. The van der Waals surface area contributed by atoms with Crippen LogP contribution in [0.25, 0.3) is 0 Å². The molecule has 1 aliphatic heterocycles. The molecule has 0 bridgehead atoms. The number of aromatic nitrogens is 2. The number of rotatable bonds is 5. The van der Waals surface area contributed by atoms with Gasteiger partial charge < -0.3 is 20.7 Å². The SMILES string of the molecule is Nc1nccnc1C(=O)OCC(=O)N1CCC(C(=O)Nc2ccccc2)CC1. The molecule has 28 heavy (non-hydrogen) atoms. The third-order valence-electron chi connectivity index (χ3n) is 4.51. The largest absolute Gasteiger partial charge is 0.451 e. The van der Waals surface area contributed by atoms with E-state index in [9.17, 15) is 14.4 Å². The summed E-state index contributed by atoms with van der Waals surface area (Å²) in [6, 6.07) is 9.24. The zero-order valence-electron chi connectivity index (χ0n) is 15.2. The van der Waals surface area contributed by atoms with E-state index in [0.29, 0.717) is 25.9 Å². The van der Waals surface area contributed by atoms with E-state index >= 15 is 0 Å². The monoisotopic (exact) mass is 383 g/mol. The summed E-state index contributed by atoms with van der Waals surface area (Å²) in [5.41, 5.74) is 6.19. The highest BCUT2D eigenvalue weighted by Gasteiger charge is 2.28. The number of amides is 2. The molecular formula is C19H21N5O4. The van der Waals surface area contributed by atoms with Crippen molar-refractivity contribution in [3.05, 3.63) is 48.4 Å². The lowest BCUT2D eigenvalue weighted by Crippen LogP contribution is -2.43. The van der Waals surface area contributed by atoms with Crippen LogP contribution in [-0.4, -0.2) is 52.3 Å². The van der Waals surface area contributed by atoms with Crippen molar-refractivity contribution >= 4 is 29.3 Å². The maximum Gasteiger partial charge on any atom is 0.361 e. The van der Waals surface area contributed by atoms with E-state index in [1.54, 1.807) is 4.90 Å². The number of benzene rings is 1. The van der Waals surface area contributed by atoms with E-state index < -0.39 is 12.6 Å². The Morgan fingerprint density at radius 3 is 2.46 bits per heavy atom. The summed E-state index contributed by atoms with van der Waals surface area (Å²) >= 11 is 0. The molecule has 0 spiro atoms. The Morgan fingerprint density at radius 1 is 1.11 bits per heavy atom. The van der Waals surface area contributed by atoms with E-state index in [1.807, 2.05) is 30.3 Å². The van der Waals surface area contributed by atoms with Gasteiger partial charge in [-0.05, 0) is 25.0 Å². The number of nitrogens with one attached hydrogen (secondary N) is 1. The minimum atomic E-state index is -0.795. The Bertz CT molecular complexity index is 850. The van der Waals surface area contributed by atoms with E-state index in [2.05, 4.69) is 15.3 Å². The molecule has 0 unspecified atom stereocenters. The molecule has 3 N–H and O–H groups in total. The van der Waals surface area contributed by atoms with Gasteiger partial charge in [0.2, 0.25) is 5.91 Å². The Morgan fingerprint density at radius 2 is 1.79 bits per heavy atom. The van der Waals surface area contributed by atoms with Crippen molar-refractivity contribution in [3.63, 3.8) is 0 Å². The van der Waals surface area contributed by atoms with Crippen molar-refractivity contribution < 1.29 is 19.1 Å². The first-order valence-electron chi connectivity index (χ1n) is 8.92. The highest BCUT2D eigenvalue weighted by Crippen LogP contribution is 2.19. The Kier molecular flexibility index (Phi) is 6.15. The molecule has 146 valence electrons. The number of ether oxygens (including phenoxy) is 1. The average Bonchev–Trinajstić information content (AvgIpc) is 2.73. The van der Waals surface area contributed by atoms with Gasteiger partial charge in [0, 0.05) is 37.1 Å². The lowest BCUT2D eigenvalue weighted by atomic mass is 9.95. The molecule has 0 atom stereocenters. The minimum Gasteiger partial charge on any atom is -0.451 e. The summed E-state index contributed by atoms with van der Waals surface area (Å²) in [7, 11) is 0. The van der Waals surface area contributed by atoms with Gasteiger partial charge in [0.25, 0.3) is 5.91 Å². The van der Waals surface area contributed by atoms with Gasteiger partial charge in [-0.25, -0.2) is 14.8 Å². The first-order valence-corrected chi connectivity index (χ1v) is 8.92. The average molecular weight is 383 g/mol. The third-order valence-corrected chi connectivity index (χ3v) is 4.51. The molecule has 2 amide bonds. The van der Waals surface area contributed by atoms with E-state index in [0.717, 1.165) is 5.69 Å². The Hall–Kier alpha value is -3.49. The minimum absolute atomic E-state index is 0.0507. The smallest absolute Gasteiger partial charge is 0.361 e. The van der Waals surface area contributed by atoms with Crippen molar-refractivity contribution in [2.24, 2.45) is 5.92 Å². The number of para-hydroxylation sites is 1. The topological polar surface area (TPSA) is 128 Å². The van der Waals surface area contributed by atoms with Crippen LogP contribution in [0.4, 0.5) is 11.5 Å². The summed E-state index contributed by atoms with van der Waals surface area (Å²) in [5.74, 6) is -1.38. The maximum atomic E-state index is 12.3. The van der Waals surface area contributed by atoms with Gasteiger partial charge in [-0.15, -0.1) is 0 Å². The van der Waals surface area contributed by atoms with Gasteiger partial charge in [-0.2, -0.15) is 0 Å². The molecule has 9 nitrogen and oxygen atoms in total. The zero-order chi connectivity index (χ0) is 19.9. The Labute approximate surface area is 161 Å². The number of carbonyl (C=O) groups is 3. The fraction of sp³-hybridized carbons (Fsp3) is 0.316. The van der Waals surface area contributed by atoms with Gasteiger partial charge in [0.1, 0.15) is 0 Å². The third kappa shape index (κ3) is 4.81. The lowest BCUT2D eigenvalue weighted by Gasteiger charge is -2.31. The van der Waals surface area contributed by atoms with Gasteiger partial charge >= 0.3 is 5.97 Å². The molecule has 1 saturated heterocycles. The molecule has 2 aromatic rings. The van der Waals surface area contributed by atoms with E-state index in [4.69, 9.17) is 10.5 Å². The summed E-state index contributed by atoms with van der Waals surface area (Å²) in [4.78, 5) is 45.7. The highest BCUT2D eigenvalue weighted by atomic mass is 16.5. The molecule has 0 aliphatic carbocycles. The number of nitrogens with zero attached hydrogens (tertiary/aromatic N) is 3. The van der Waals surface area contributed by atoms with Gasteiger partial charge in [-0.1, -0.05) is 18.2 Å². The number of nitrogens with two attached hydrogens (primary N) is 1. The van der Waals surface area contributed by atoms with Crippen LogP contribution in [0.5, 0.6) is 0 Å². The number of piperidine rings is 1. The number of hydrogen-bond acceptors (Lipinski definition) is 7. The molecule has 3 rings (SSSR count). The van der Waals surface area contributed by atoms with Crippen molar-refractivity contribution in [1.29, 1.82) is 0 Å². The van der Waals surface area contributed by atoms with Crippen LogP contribution in [0.3, 0.4) is 0 Å². The number of carbonyl (C=O) groups excluding carboxylic acids is 3. The molecule has 1 fully saturated rings. The highest BCUT2D eigenvalue weighted by molar-refractivity contribution is 5.94. The van der Waals surface area contributed by atoms with Gasteiger partial charge in [0.15, 0.2) is 18.1 Å². The van der Waals surface area contributed by atoms with Crippen molar-refractivity contribution in [3.8, 4) is 0 Å². The summed E-state index contributed by atoms with van der Waals surface area (Å²) in [6.45, 7) is 0.447. The first-order chi connectivity index (χ1) is 13.5. The van der Waals surface area contributed by atoms with Crippen LogP contribution in [0, 0.1) is 5.92 Å². The number of hydrogen-bond donors (Lipinski definition) is 2. The normalized spacial score (nSPS) is 14.4. The number of likely N-dealkylation sites (tertiary alicyclic amines) is 1. The van der Waals surface area contributed by atoms with Crippen LogP contribution in [0.2, 0.25) is 0 Å². The quantitative estimate of drug-likeness (QED) is 0.740. The van der Waals surface area contributed by atoms with Crippen LogP contribution >= 0.6 is 0 Å². The standard InChI is InChI=1S/C19H21N5O4/c20-17-16(21-8-9-22-17)19(27)28-12-15(25)24-10-6-13(7-11-24)18(26)23-14-4-2-1-3-5-14/h1-5,8-9,13H,6-7,10-12H2,(H2,20,22)(H,23,26). The van der Waals surface area contributed by atoms with Crippen LogP contribution in [-0.2, 0) is 14.3 Å². The predicted octanol–water partition coefficient (Wildman–Crippen LogP) is 1.09. The predicted molar refractivity (Wildman–Crippen MR) is 101 cm³/mol. The summed E-state index contributed by atoms with van der Waals surface area (Å²) in [5, 5.41) is 2.88. The van der Waals surface area contributed by atoms with Crippen LogP contribution in [0.15, 0.2) is 42.7 Å². The van der Waals surface area contributed by atoms with Crippen LogP contribution in [0.1, 0.15) is 23.3 Å². The second-order valence-electron chi connectivity index (χ2n) is 6.38. The number of nitrogen functional groups attached to an aromatic ring is 1. The molecule has 0 radical (unpaired) electrons. The molecule has 2 heterocycles. The second kappa shape index (κ2) is 8.94. The molecule has 9 heteroatoms. The van der Waals surface area contributed by atoms with Crippen molar-refractivity contribution in [2.45, 2.75) is 12.8 Å². The number of anilines is 2. The fourth-order valence-electron chi connectivity index (χ4n) is 2.95. The summed E-state index contributed by atoms with van der Waals surface area (Å²) < 4.78 is 4.99. The molecule has 1 aromatic carbocycles. The molecule has 1 aliphatic rings. The van der Waals surface area contributed by atoms with Crippen molar-refractivity contribution in [2.75, 3.05) is 30.7 Å².